The van der Waals surface area contributed by atoms with Gasteiger partial charge in [-0.1, -0.05) is 6.92 Å². The van der Waals surface area contributed by atoms with Crippen molar-refractivity contribution in [1.29, 1.82) is 0 Å². The number of aliphatic carboxylic acids is 1. The Morgan fingerprint density at radius 2 is 2.21 bits per heavy atom. The predicted molar refractivity (Wildman–Crippen MR) is 74.8 cm³/mol. The molecular weight excluding hydrogens is 264 g/mol. The van der Waals surface area contributed by atoms with E-state index in [1.165, 1.54) is 11.5 Å². The van der Waals surface area contributed by atoms with Crippen LogP contribution in [0, 0.1) is 6.92 Å². The molecule has 1 fully saturated rings. The average Bonchev–Trinajstić information content (AvgIpc) is 2.65. The molecule has 1 N–H and O–H groups in total. The van der Waals surface area contributed by atoms with E-state index in [4.69, 9.17) is 0 Å². The van der Waals surface area contributed by atoms with Gasteiger partial charge in [-0.25, -0.2) is 4.98 Å². The number of aromatic nitrogens is 2. The predicted octanol–water partition coefficient (Wildman–Crippen LogP) is 1.22. The minimum atomic E-state index is -0.720. The van der Waals surface area contributed by atoms with Crippen molar-refractivity contribution in [2.24, 2.45) is 0 Å². The maximum Gasteiger partial charge on any atom is 0.320 e. The van der Waals surface area contributed by atoms with Crippen LogP contribution in [-0.4, -0.2) is 57.6 Å². The molecule has 0 saturated carbocycles. The van der Waals surface area contributed by atoms with Crippen LogP contribution in [0.1, 0.15) is 25.6 Å². The molecule has 2 rings (SSSR count). The van der Waals surface area contributed by atoms with Gasteiger partial charge >= 0.3 is 5.97 Å². The Kier molecular flexibility index (Phi) is 4.71. The van der Waals surface area contributed by atoms with Gasteiger partial charge in [0.25, 0.3) is 0 Å². The summed E-state index contributed by atoms with van der Waals surface area (Å²) < 4.78 is 4.20. The van der Waals surface area contributed by atoms with Crippen molar-refractivity contribution in [3.05, 3.63) is 5.82 Å². The summed E-state index contributed by atoms with van der Waals surface area (Å²) in [5.41, 5.74) is 0. The van der Waals surface area contributed by atoms with Gasteiger partial charge in [0.2, 0.25) is 5.13 Å². The second-order valence-corrected chi connectivity index (χ2v) is 5.49. The number of carboxylic acid groups (broad SMARTS) is 1. The van der Waals surface area contributed by atoms with Gasteiger partial charge in [0.15, 0.2) is 0 Å². The van der Waals surface area contributed by atoms with Gasteiger partial charge < -0.3 is 10.0 Å². The molecule has 19 heavy (non-hydrogen) atoms. The lowest BCUT2D eigenvalue weighted by molar-refractivity contribution is -0.143. The highest BCUT2D eigenvalue weighted by molar-refractivity contribution is 7.09. The summed E-state index contributed by atoms with van der Waals surface area (Å²) in [7, 11) is 0. The van der Waals surface area contributed by atoms with Crippen molar-refractivity contribution >= 4 is 22.6 Å². The zero-order chi connectivity index (χ0) is 13.8. The van der Waals surface area contributed by atoms with Crippen molar-refractivity contribution in [2.75, 3.05) is 31.1 Å². The zero-order valence-corrected chi connectivity index (χ0v) is 12.2. The maximum absolute atomic E-state index is 11.2. The van der Waals surface area contributed by atoms with Crippen molar-refractivity contribution < 1.29 is 9.90 Å². The lowest BCUT2D eigenvalue weighted by Gasteiger charge is -2.26. The number of anilines is 1. The average molecular weight is 284 g/mol. The van der Waals surface area contributed by atoms with Crippen LogP contribution in [0.4, 0.5) is 5.13 Å². The summed E-state index contributed by atoms with van der Waals surface area (Å²) in [6, 6.07) is -0.365. The first-order valence-corrected chi connectivity index (χ1v) is 7.41. The van der Waals surface area contributed by atoms with Crippen LogP contribution in [0.3, 0.4) is 0 Å². The Morgan fingerprint density at radius 3 is 2.79 bits per heavy atom. The van der Waals surface area contributed by atoms with Crippen LogP contribution in [0.25, 0.3) is 0 Å². The summed E-state index contributed by atoms with van der Waals surface area (Å²) in [4.78, 5) is 19.9. The highest BCUT2D eigenvalue weighted by Gasteiger charge is 2.26. The van der Waals surface area contributed by atoms with Crippen LogP contribution < -0.4 is 4.90 Å². The van der Waals surface area contributed by atoms with Crippen molar-refractivity contribution in [1.82, 2.24) is 14.3 Å². The molecule has 1 aliphatic heterocycles. The highest BCUT2D eigenvalue weighted by Crippen LogP contribution is 2.19. The third-order valence-corrected chi connectivity index (χ3v) is 4.30. The van der Waals surface area contributed by atoms with Crippen LogP contribution in [-0.2, 0) is 4.79 Å². The van der Waals surface area contributed by atoms with Gasteiger partial charge in [-0.3, -0.25) is 9.69 Å². The molecule has 7 heteroatoms. The number of hydrogen-bond donors (Lipinski definition) is 1. The Labute approximate surface area is 117 Å². The van der Waals surface area contributed by atoms with E-state index in [2.05, 4.69) is 19.2 Å². The number of hydrogen-bond acceptors (Lipinski definition) is 6. The fraction of sp³-hybridized carbons (Fsp3) is 0.750. The summed E-state index contributed by atoms with van der Waals surface area (Å²) in [6.07, 6.45) is 1.61. The maximum atomic E-state index is 11.2. The third-order valence-electron chi connectivity index (χ3n) is 3.43. The lowest BCUT2D eigenvalue weighted by Crippen LogP contribution is -2.42. The monoisotopic (exact) mass is 284 g/mol. The van der Waals surface area contributed by atoms with Crippen LogP contribution >= 0.6 is 11.5 Å². The summed E-state index contributed by atoms with van der Waals surface area (Å²) in [5.74, 6) is 0.0841. The van der Waals surface area contributed by atoms with Gasteiger partial charge in [-0.05, 0) is 19.8 Å². The smallest absolute Gasteiger partial charge is 0.320 e. The fourth-order valence-electron chi connectivity index (χ4n) is 2.44. The molecule has 2 heterocycles. The molecule has 1 aromatic heterocycles. The summed E-state index contributed by atoms with van der Waals surface area (Å²) in [5, 5.41) is 10.2. The third kappa shape index (κ3) is 3.42. The Balaban J connectivity index is 2.00. The van der Waals surface area contributed by atoms with E-state index in [9.17, 15) is 9.90 Å². The van der Waals surface area contributed by atoms with Crippen molar-refractivity contribution in [2.45, 2.75) is 32.7 Å². The summed E-state index contributed by atoms with van der Waals surface area (Å²) >= 11 is 1.42. The second-order valence-electron chi connectivity index (χ2n) is 4.76. The molecule has 1 saturated heterocycles. The Morgan fingerprint density at radius 1 is 1.42 bits per heavy atom. The molecule has 0 radical (unpaired) electrons. The van der Waals surface area contributed by atoms with Gasteiger partial charge in [0.05, 0.1) is 0 Å². The SMILES string of the molecule is CCC(C(=O)O)N1CCCN(c2nc(C)ns2)CC1. The first-order valence-electron chi connectivity index (χ1n) is 6.64. The largest absolute Gasteiger partial charge is 0.480 e. The summed E-state index contributed by atoms with van der Waals surface area (Å²) in [6.45, 7) is 7.15. The van der Waals surface area contributed by atoms with Crippen molar-refractivity contribution in [3.8, 4) is 0 Å². The molecule has 0 aliphatic carbocycles. The van der Waals surface area contributed by atoms with Gasteiger partial charge in [-0.15, -0.1) is 0 Å². The van der Waals surface area contributed by atoms with Crippen LogP contribution in [0.2, 0.25) is 0 Å². The number of aryl methyl sites for hydroxylation is 1. The molecule has 0 amide bonds. The van der Waals surface area contributed by atoms with Gasteiger partial charge in [-0.2, -0.15) is 4.37 Å². The zero-order valence-electron chi connectivity index (χ0n) is 11.4. The molecule has 1 unspecified atom stereocenters. The van der Waals surface area contributed by atoms with Gasteiger partial charge in [0, 0.05) is 37.7 Å². The fourth-order valence-corrected chi connectivity index (χ4v) is 3.17. The molecule has 0 aromatic carbocycles. The molecule has 0 spiro atoms. The van der Waals surface area contributed by atoms with E-state index in [0.29, 0.717) is 6.42 Å². The highest BCUT2D eigenvalue weighted by atomic mass is 32.1. The number of nitrogens with zero attached hydrogens (tertiary/aromatic N) is 4. The molecule has 1 aromatic rings. The standard InChI is InChI=1S/C12H20N4O2S/c1-3-10(11(17)18)15-5-4-6-16(8-7-15)12-13-9(2)14-19-12/h10H,3-8H2,1-2H3,(H,17,18). The van der Waals surface area contributed by atoms with E-state index in [-0.39, 0.29) is 6.04 Å². The second kappa shape index (κ2) is 6.29. The molecular formula is C12H20N4O2S. The molecule has 106 valence electrons. The van der Waals surface area contributed by atoms with Crippen LogP contribution in [0.15, 0.2) is 0 Å². The van der Waals surface area contributed by atoms with E-state index >= 15 is 0 Å². The molecule has 1 aliphatic rings. The number of carboxylic acids is 1. The Bertz CT molecular complexity index is 437. The Hall–Kier alpha value is -1.21. The van der Waals surface area contributed by atoms with Crippen molar-refractivity contribution in [3.63, 3.8) is 0 Å². The molecule has 6 nitrogen and oxygen atoms in total. The number of carbonyl (C=O) groups is 1. The van der Waals surface area contributed by atoms with E-state index in [1.54, 1.807) is 0 Å². The lowest BCUT2D eigenvalue weighted by atomic mass is 10.2. The molecule has 1 atom stereocenters. The van der Waals surface area contributed by atoms with E-state index < -0.39 is 5.97 Å². The van der Waals surface area contributed by atoms with Crippen LogP contribution in [0.5, 0.6) is 0 Å². The topological polar surface area (TPSA) is 69.6 Å². The molecule has 0 bridgehead atoms. The first kappa shape index (κ1) is 14.2. The quantitative estimate of drug-likeness (QED) is 0.896. The normalized spacial score (nSPS) is 19.2. The van der Waals surface area contributed by atoms with E-state index in [0.717, 1.165) is 43.6 Å². The van der Waals surface area contributed by atoms with E-state index in [1.807, 2.05) is 13.8 Å². The minimum Gasteiger partial charge on any atom is -0.480 e. The minimum absolute atomic E-state index is 0.365. The number of rotatable bonds is 4. The first-order chi connectivity index (χ1) is 9.11. The van der Waals surface area contributed by atoms with Gasteiger partial charge in [0.1, 0.15) is 11.9 Å².